The van der Waals surface area contributed by atoms with Crippen LogP contribution in [0.1, 0.15) is 12.8 Å². The van der Waals surface area contributed by atoms with Gasteiger partial charge in [0.15, 0.2) is 9.84 Å². The van der Waals surface area contributed by atoms with E-state index in [9.17, 15) is 13.2 Å². The highest BCUT2D eigenvalue weighted by Gasteiger charge is 2.20. The first-order chi connectivity index (χ1) is 8.88. The molecule has 1 aliphatic heterocycles. The SMILES string of the molecule is CS(=O)(=O)c1cccc(NC2CCC(=O)NC2)c1N. The predicted molar refractivity (Wildman–Crippen MR) is 73.6 cm³/mol. The van der Waals surface area contributed by atoms with Crippen molar-refractivity contribution in [1.82, 2.24) is 5.32 Å². The zero-order valence-corrected chi connectivity index (χ0v) is 11.5. The lowest BCUT2D eigenvalue weighted by Crippen LogP contribution is -2.42. The largest absolute Gasteiger partial charge is 0.396 e. The molecule has 1 aromatic rings. The Balaban J connectivity index is 2.20. The molecule has 2 rings (SSSR count). The monoisotopic (exact) mass is 283 g/mol. The number of nitrogens with one attached hydrogen (secondary N) is 2. The minimum Gasteiger partial charge on any atom is -0.396 e. The maximum atomic E-state index is 11.6. The molecule has 7 heteroatoms. The van der Waals surface area contributed by atoms with E-state index in [0.717, 1.165) is 6.26 Å². The number of anilines is 2. The molecule has 4 N–H and O–H groups in total. The molecule has 0 saturated carbocycles. The van der Waals surface area contributed by atoms with Crippen molar-refractivity contribution in [2.75, 3.05) is 23.9 Å². The fraction of sp³-hybridized carbons (Fsp3) is 0.417. The Morgan fingerprint density at radius 2 is 2.16 bits per heavy atom. The van der Waals surface area contributed by atoms with Crippen LogP contribution >= 0.6 is 0 Å². The van der Waals surface area contributed by atoms with Crippen molar-refractivity contribution in [2.45, 2.75) is 23.8 Å². The zero-order valence-electron chi connectivity index (χ0n) is 10.6. The van der Waals surface area contributed by atoms with Crippen LogP contribution in [0.25, 0.3) is 0 Å². The standard InChI is InChI=1S/C12H17N3O3S/c1-19(17,18)10-4-2-3-9(12(10)13)15-8-5-6-11(16)14-7-8/h2-4,8,15H,5-7,13H2,1H3,(H,14,16). The first-order valence-electron chi connectivity index (χ1n) is 5.99. The number of benzene rings is 1. The van der Waals surface area contributed by atoms with Gasteiger partial charge in [-0.15, -0.1) is 0 Å². The van der Waals surface area contributed by atoms with Gasteiger partial charge in [0.2, 0.25) is 5.91 Å². The lowest BCUT2D eigenvalue weighted by molar-refractivity contribution is -0.122. The average molecular weight is 283 g/mol. The molecule has 0 aromatic heterocycles. The van der Waals surface area contributed by atoms with E-state index in [4.69, 9.17) is 5.73 Å². The molecule has 6 nitrogen and oxygen atoms in total. The van der Waals surface area contributed by atoms with Crippen molar-refractivity contribution < 1.29 is 13.2 Å². The topological polar surface area (TPSA) is 101 Å². The lowest BCUT2D eigenvalue weighted by Gasteiger charge is -2.25. The summed E-state index contributed by atoms with van der Waals surface area (Å²) in [5, 5.41) is 5.93. The molecule has 0 spiro atoms. The van der Waals surface area contributed by atoms with Crippen molar-refractivity contribution in [1.29, 1.82) is 0 Å². The number of hydrogen-bond acceptors (Lipinski definition) is 5. The van der Waals surface area contributed by atoms with Crippen LogP contribution in [-0.4, -0.2) is 33.2 Å². The average Bonchev–Trinajstić information content (AvgIpc) is 2.33. The van der Waals surface area contributed by atoms with Gasteiger partial charge in [-0.2, -0.15) is 0 Å². The van der Waals surface area contributed by atoms with E-state index in [0.29, 0.717) is 25.1 Å². The number of carbonyl (C=O) groups excluding carboxylic acids is 1. The Bertz CT molecular complexity index is 588. The van der Waals surface area contributed by atoms with Gasteiger partial charge < -0.3 is 16.4 Å². The summed E-state index contributed by atoms with van der Waals surface area (Å²) < 4.78 is 23.2. The molecule has 104 valence electrons. The minimum absolute atomic E-state index is 0.0379. The first kappa shape index (κ1) is 13.7. The molecule has 0 bridgehead atoms. The summed E-state index contributed by atoms with van der Waals surface area (Å²) in [5.41, 5.74) is 6.70. The number of nitrogens with two attached hydrogens (primary N) is 1. The van der Waals surface area contributed by atoms with Crippen LogP contribution in [0.15, 0.2) is 23.1 Å². The highest BCUT2D eigenvalue weighted by Crippen LogP contribution is 2.27. The molecule has 1 aliphatic rings. The van der Waals surface area contributed by atoms with E-state index in [1.807, 2.05) is 0 Å². The zero-order chi connectivity index (χ0) is 14.0. The van der Waals surface area contributed by atoms with Crippen LogP contribution < -0.4 is 16.4 Å². The van der Waals surface area contributed by atoms with Gasteiger partial charge in [0, 0.05) is 25.3 Å². The predicted octanol–water partition coefficient (Wildman–Crippen LogP) is 0.363. The molecule has 1 fully saturated rings. The third-order valence-electron chi connectivity index (χ3n) is 3.09. The van der Waals surface area contributed by atoms with Crippen LogP contribution in [0.2, 0.25) is 0 Å². The quantitative estimate of drug-likeness (QED) is 0.695. The molecular weight excluding hydrogens is 266 g/mol. The molecule has 19 heavy (non-hydrogen) atoms. The number of para-hydroxylation sites is 1. The van der Waals surface area contributed by atoms with Crippen molar-refractivity contribution in [3.8, 4) is 0 Å². The van der Waals surface area contributed by atoms with Crippen molar-refractivity contribution >= 4 is 27.1 Å². The van der Waals surface area contributed by atoms with Gasteiger partial charge in [0.1, 0.15) is 0 Å². The van der Waals surface area contributed by atoms with Gasteiger partial charge >= 0.3 is 0 Å². The Morgan fingerprint density at radius 1 is 1.42 bits per heavy atom. The van der Waals surface area contributed by atoms with Gasteiger partial charge in [0.25, 0.3) is 0 Å². The summed E-state index contributed by atoms with van der Waals surface area (Å²) in [6.07, 6.45) is 2.29. The second-order valence-electron chi connectivity index (χ2n) is 4.67. The summed E-state index contributed by atoms with van der Waals surface area (Å²) in [4.78, 5) is 11.2. The summed E-state index contributed by atoms with van der Waals surface area (Å²) in [6.45, 7) is 0.515. The molecule has 1 aromatic carbocycles. The molecule has 1 atom stereocenters. The minimum atomic E-state index is -3.34. The van der Waals surface area contributed by atoms with E-state index in [2.05, 4.69) is 10.6 Å². The summed E-state index contributed by atoms with van der Waals surface area (Å²) in [7, 11) is -3.34. The second-order valence-corrected chi connectivity index (χ2v) is 6.66. The van der Waals surface area contributed by atoms with Gasteiger partial charge in [-0.25, -0.2) is 8.42 Å². The molecule has 1 heterocycles. The summed E-state index contributed by atoms with van der Waals surface area (Å²) in [6, 6.07) is 4.94. The molecule has 0 radical (unpaired) electrons. The number of hydrogen-bond donors (Lipinski definition) is 3. The van der Waals surface area contributed by atoms with Crippen LogP contribution in [0.5, 0.6) is 0 Å². The number of nitrogen functional groups attached to an aromatic ring is 1. The lowest BCUT2D eigenvalue weighted by atomic mass is 10.1. The van der Waals surface area contributed by atoms with Gasteiger partial charge in [-0.05, 0) is 18.6 Å². The number of piperidine rings is 1. The maximum absolute atomic E-state index is 11.6. The van der Waals surface area contributed by atoms with Crippen molar-refractivity contribution in [2.24, 2.45) is 0 Å². The first-order valence-corrected chi connectivity index (χ1v) is 7.89. The van der Waals surface area contributed by atoms with E-state index in [1.54, 1.807) is 12.1 Å². The second kappa shape index (κ2) is 5.08. The van der Waals surface area contributed by atoms with E-state index in [1.165, 1.54) is 6.07 Å². The Kier molecular flexibility index (Phi) is 3.66. The van der Waals surface area contributed by atoms with E-state index < -0.39 is 9.84 Å². The highest BCUT2D eigenvalue weighted by molar-refractivity contribution is 7.90. The van der Waals surface area contributed by atoms with Crippen LogP contribution in [0.3, 0.4) is 0 Å². The van der Waals surface area contributed by atoms with Gasteiger partial charge in [-0.3, -0.25) is 4.79 Å². The number of carbonyl (C=O) groups is 1. The van der Waals surface area contributed by atoms with Crippen LogP contribution in [-0.2, 0) is 14.6 Å². The number of sulfone groups is 1. The van der Waals surface area contributed by atoms with E-state index >= 15 is 0 Å². The summed E-state index contributed by atoms with van der Waals surface area (Å²) >= 11 is 0. The third-order valence-corrected chi connectivity index (χ3v) is 4.25. The molecule has 1 unspecified atom stereocenters. The van der Waals surface area contributed by atoms with Crippen molar-refractivity contribution in [3.05, 3.63) is 18.2 Å². The normalized spacial score (nSPS) is 19.8. The van der Waals surface area contributed by atoms with Gasteiger partial charge in [-0.1, -0.05) is 6.07 Å². The molecule has 1 saturated heterocycles. The summed E-state index contributed by atoms with van der Waals surface area (Å²) in [5.74, 6) is 0.0379. The van der Waals surface area contributed by atoms with Crippen molar-refractivity contribution in [3.63, 3.8) is 0 Å². The molecule has 1 amide bonds. The number of rotatable bonds is 3. The fourth-order valence-corrected chi connectivity index (χ4v) is 2.90. The Morgan fingerprint density at radius 3 is 2.74 bits per heavy atom. The van der Waals surface area contributed by atoms with E-state index in [-0.39, 0.29) is 22.5 Å². The third kappa shape index (κ3) is 3.17. The molecular formula is C12H17N3O3S. The molecule has 0 aliphatic carbocycles. The maximum Gasteiger partial charge on any atom is 0.220 e. The Labute approximate surface area is 112 Å². The Hall–Kier alpha value is -1.76. The number of amides is 1. The van der Waals surface area contributed by atoms with Gasteiger partial charge in [0.05, 0.1) is 16.3 Å². The highest BCUT2D eigenvalue weighted by atomic mass is 32.2. The fourth-order valence-electron chi connectivity index (χ4n) is 2.07. The van der Waals surface area contributed by atoms with Crippen LogP contribution in [0, 0.1) is 0 Å². The van der Waals surface area contributed by atoms with Crippen LogP contribution in [0.4, 0.5) is 11.4 Å². The smallest absolute Gasteiger partial charge is 0.220 e.